The third kappa shape index (κ3) is 2.02. The van der Waals surface area contributed by atoms with Crippen LogP contribution in [0.25, 0.3) is 0 Å². The monoisotopic (exact) mass is 290 g/mol. The largest absolute Gasteiger partial charge is 0.312 e. The van der Waals surface area contributed by atoms with Crippen LogP contribution < -0.4 is 5.56 Å². The molecule has 72 valence electrons. The van der Waals surface area contributed by atoms with Gasteiger partial charge in [0.1, 0.15) is 15.8 Å². The van der Waals surface area contributed by atoms with Gasteiger partial charge >= 0.3 is 0 Å². The Labute approximate surface area is 95.3 Å². The summed E-state index contributed by atoms with van der Waals surface area (Å²) in [5.41, 5.74) is -0.202. The summed E-state index contributed by atoms with van der Waals surface area (Å²) in [6, 6.07) is 0. The standard InChI is InChI=1S/C6H3BrN4OS2/c7-3-4(12)8-1-9-5(3)13-6-10-2-11-14-6/h1-2H,(H,8,9,12). The van der Waals surface area contributed by atoms with Gasteiger partial charge in [0, 0.05) is 0 Å². The van der Waals surface area contributed by atoms with E-state index in [0.717, 1.165) is 4.34 Å². The number of hydrogen-bond donors (Lipinski definition) is 1. The Morgan fingerprint density at radius 2 is 2.36 bits per heavy atom. The van der Waals surface area contributed by atoms with Gasteiger partial charge in [0.2, 0.25) is 0 Å². The van der Waals surface area contributed by atoms with Crippen molar-refractivity contribution in [1.82, 2.24) is 19.3 Å². The van der Waals surface area contributed by atoms with E-state index in [1.807, 2.05) is 0 Å². The maximum atomic E-state index is 11.2. The molecule has 0 aliphatic heterocycles. The van der Waals surface area contributed by atoms with Crippen molar-refractivity contribution in [3.8, 4) is 0 Å². The molecule has 0 atom stereocenters. The van der Waals surface area contributed by atoms with Crippen molar-refractivity contribution in [2.45, 2.75) is 9.37 Å². The molecular weight excluding hydrogens is 288 g/mol. The predicted octanol–water partition coefficient (Wildman–Crippen LogP) is 1.54. The number of H-pyrrole nitrogens is 1. The molecule has 0 aliphatic rings. The second kappa shape index (κ2) is 4.20. The summed E-state index contributed by atoms with van der Waals surface area (Å²) < 4.78 is 5.02. The van der Waals surface area contributed by atoms with Crippen molar-refractivity contribution in [3.05, 3.63) is 27.5 Å². The van der Waals surface area contributed by atoms with E-state index >= 15 is 0 Å². The van der Waals surface area contributed by atoms with E-state index in [0.29, 0.717) is 9.50 Å². The van der Waals surface area contributed by atoms with E-state index < -0.39 is 0 Å². The van der Waals surface area contributed by atoms with E-state index in [9.17, 15) is 4.79 Å². The lowest BCUT2D eigenvalue weighted by Gasteiger charge is -1.96. The van der Waals surface area contributed by atoms with Gasteiger partial charge in [-0.05, 0) is 39.2 Å². The Morgan fingerprint density at radius 3 is 3.07 bits per heavy atom. The van der Waals surface area contributed by atoms with Gasteiger partial charge in [0.15, 0.2) is 4.34 Å². The Balaban J connectivity index is 2.34. The third-order valence-corrected chi connectivity index (χ3v) is 4.01. The van der Waals surface area contributed by atoms with Crippen LogP contribution in [0.2, 0.25) is 0 Å². The molecule has 0 spiro atoms. The summed E-state index contributed by atoms with van der Waals surface area (Å²) in [5.74, 6) is 0. The molecular formula is C6H3BrN4OS2. The molecule has 2 rings (SSSR count). The van der Waals surface area contributed by atoms with Gasteiger partial charge in [-0.15, -0.1) is 0 Å². The zero-order chi connectivity index (χ0) is 9.97. The minimum atomic E-state index is -0.202. The second-order valence-electron chi connectivity index (χ2n) is 2.16. The molecule has 0 fully saturated rings. The van der Waals surface area contributed by atoms with Gasteiger partial charge in [0.05, 0.1) is 6.33 Å². The first-order valence-corrected chi connectivity index (χ1v) is 5.83. The van der Waals surface area contributed by atoms with Crippen molar-refractivity contribution in [2.75, 3.05) is 0 Å². The average molecular weight is 291 g/mol. The van der Waals surface area contributed by atoms with Gasteiger partial charge in [0.25, 0.3) is 5.56 Å². The summed E-state index contributed by atoms with van der Waals surface area (Å²) in [7, 11) is 0. The molecule has 1 N–H and O–H groups in total. The third-order valence-electron chi connectivity index (χ3n) is 1.29. The first kappa shape index (κ1) is 9.81. The van der Waals surface area contributed by atoms with Crippen LogP contribution in [0.4, 0.5) is 0 Å². The lowest BCUT2D eigenvalue weighted by Crippen LogP contribution is -2.07. The van der Waals surface area contributed by atoms with Crippen LogP contribution >= 0.6 is 39.2 Å². The summed E-state index contributed by atoms with van der Waals surface area (Å²) in [6.07, 6.45) is 2.82. The van der Waals surface area contributed by atoms with E-state index in [4.69, 9.17) is 0 Å². The number of hydrogen-bond acceptors (Lipinski definition) is 6. The number of halogens is 1. The fourth-order valence-corrected chi connectivity index (χ4v) is 2.53. The molecule has 5 nitrogen and oxygen atoms in total. The van der Waals surface area contributed by atoms with Gasteiger partial charge in [-0.1, -0.05) is 0 Å². The highest BCUT2D eigenvalue weighted by atomic mass is 79.9. The SMILES string of the molecule is O=c1[nH]cnc(Sc2ncns2)c1Br. The second-order valence-corrected chi connectivity index (χ2v) is 4.97. The molecule has 0 aromatic carbocycles. The van der Waals surface area contributed by atoms with Crippen molar-refractivity contribution < 1.29 is 0 Å². The molecule has 14 heavy (non-hydrogen) atoms. The van der Waals surface area contributed by atoms with Gasteiger partial charge < -0.3 is 4.98 Å². The van der Waals surface area contributed by atoms with Gasteiger partial charge in [-0.25, -0.2) is 9.97 Å². The zero-order valence-electron chi connectivity index (χ0n) is 6.60. The Morgan fingerprint density at radius 1 is 1.50 bits per heavy atom. The minimum Gasteiger partial charge on any atom is -0.312 e. The Hall–Kier alpha value is -0.730. The summed E-state index contributed by atoms with van der Waals surface area (Å²) in [4.78, 5) is 21.6. The van der Waals surface area contributed by atoms with E-state index in [2.05, 4.69) is 35.3 Å². The van der Waals surface area contributed by atoms with E-state index in [1.54, 1.807) is 0 Å². The van der Waals surface area contributed by atoms with Crippen LogP contribution in [0.1, 0.15) is 0 Å². The van der Waals surface area contributed by atoms with E-state index in [1.165, 1.54) is 35.9 Å². The molecule has 2 aromatic heterocycles. The maximum absolute atomic E-state index is 11.2. The summed E-state index contributed by atoms with van der Waals surface area (Å²) in [5, 5.41) is 0.588. The van der Waals surface area contributed by atoms with Crippen molar-refractivity contribution in [2.24, 2.45) is 0 Å². The maximum Gasteiger partial charge on any atom is 0.266 e. The van der Waals surface area contributed by atoms with Crippen LogP contribution in [-0.2, 0) is 0 Å². The number of rotatable bonds is 2. The number of aromatic amines is 1. The first-order chi connectivity index (χ1) is 6.77. The quantitative estimate of drug-likeness (QED) is 0.850. The van der Waals surface area contributed by atoms with Gasteiger partial charge in [-0.3, -0.25) is 4.79 Å². The fourth-order valence-electron chi connectivity index (χ4n) is 0.728. The smallest absolute Gasteiger partial charge is 0.266 e. The molecule has 2 aromatic rings. The van der Waals surface area contributed by atoms with Crippen LogP contribution in [0.5, 0.6) is 0 Å². The van der Waals surface area contributed by atoms with E-state index in [-0.39, 0.29) is 5.56 Å². The normalized spacial score (nSPS) is 10.4. The summed E-state index contributed by atoms with van der Waals surface area (Å²) >= 11 is 5.72. The number of aromatic nitrogens is 4. The molecule has 0 amide bonds. The van der Waals surface area contributed by atoms with Crippen LogP contribution in [-0.4, -0.2) is 19.3 Å². The minimum absolute atomic E-state index is 0.202. The molecule has 0 aliphatic carbocycles. The topological polar surface area (TPSA) is 71.5 Å². The lowest BCUT2D eigenvalue weighted by atomic mass is 10.7. The Bertz CT molecular complexity index is 483. The van der Waals surface area contributed by atoms with Crippen LogP contribution in [0.3, 0.4) is 0 Å². The molecule has 8 heteroatoms. The highest BCUT2D eigenvalue weighted by molar-refractivity contribution is 9.10. The predicted molar refractivity (Wildman–Crippen MR) is 56.6 cm³/mol. The molecule has 0 bridgehead atoms. The highest BCUT2D eigenvalue weighted by Gasteiger charge is 2.08. The zero-order valence-corrected chi connectivity index (χ0v) is 9.82. The fraction of sp³-hybridized carbons (Fsp3) is 0. The highest BCUT2D eigenvalue weighted by Crippen LogP contribution is 2.29. The van der Waals surface area contributed by atoms with Crippen LogP contribution in [0, 0.1) is 0 Å². The Kier molecular flexibility index (Phi) is 2.94. The molecule has 0 saturated heterocycles. The van der Waals surface area contributed by atoms with Crippen LogP contribution in [0.15, 0.2) is 31.3 Å². The van der Waals surface area contributed by atoms with Crippen molar-refractivity contribution in [3.63, 3.8) is 0 Å². The first-order valence-electron chi connectivity index (χ1n) is 3.45. The van der Waals surface area contributed by atoms with Crippen molar-refractivity contribution >= 4 is 39.2 Å². The van der Waals surface area contributed by atoms with Crippen molar-refractivity contribution in [1.29, 1.82) is 0 Å². The number of nitrogens with zero attached hydrogens (tertiary/aromatic N) is 3. The molecule has 2 heterocycles. The van der Waals surface area contributed by atoms with Gasteiger partial charge in [-0.2, -0.15) is 4.37 Å². The lowest BCUT2D eigenvalue weighted by molar-refractivity contribution is 0.989. The average Bonchev–Trinajstić information content (AvgIpc) is 2.66. The molecule has 0 unspecified atom stereocenters. The summed E-state index contributed by atoms with van der Waals surface area (Å²) in [6.45, 7) is 0. The number of nitrogens with one attached hydrogen (secondary N) is 1. The molecule has 0 saturated carbocycles. The molecule has 0 radical (unpaired) electrons.